The van der Waals surface area contributed by atoms with Gasteiger partial charge in [-0.05, 0) is 102 Å². The molecule has 0 aromatic rings. The fourth-order valence-electron chi connectivity index (χ4n) is 11.1. The Labute approximate surface area is 530 Å². The van der Waals surface area contributed by atoms with Crippen LogP contribution in [0.1, 0.15) is 163 Å². The topological polar surface area (TPSA) is 305 Å². The quantitative estimate of drug-likeness (QED) is 0.110. The molecule has 0 aliphatic carbocycles. The number of carbonyl (C=O) groups is 12. The number of carbonyl (C=O) groups excluding carboxylic acids is 12. The van der Waals surface area contributed by atoms with Crippen LogP contribution >= 0.6 is 0 Å². The summed E-state index contributed by atoms with van der Waals surface area (Å²) in [5.74, 6) is -11.2. The zero-order valence-corrected chi connectivity index (χ0v) is 58.3. The second-order valence-corrected chi connectivity index (χ2v) is 27.0. The molecule has 0 aromatic carbocycles. The van der Waals surface area contributed by atoms with E-state index in [1.54, 1.807) is 60.6 Å². The van der Waals surface area contributed by atoms with Gasteiger partial charge < -0.3 is 65.4 Å². The van der Waals surface area contributed by atoms with Crippen molar-refractivity contribution >= 4 is 70.9 Å². The van der Waals surface area contributed by atoms with Gasteiger partial charge in [0, 0.05) is 62.7 Å². The molecule has 1 aliphatic rings. The molecule has 1 saturated heterocycles. The van der Waals surface area contributed by atoms with E-state index in [4.69, 9.17) is 4.74 Å². The molecule has 25 nitrogen and oxygen atoms in total. The lowest BCUT2D eigenvalue weighted by molar-refractivity contribution is -0.158. The number of hydrogen-bond acceptors (Lipinski definition) is 14. The van der Waals surface area contributed by atoms with Crippen molar-refractivity contribution < 1.29 is 67.4 Å². The summed E-state index contributed by atoms with van der Waals surface area (Å²) in [6.07, 6.45) is 2.35. The number of likely N-dealkylation sites (N-methyl/N-ethyl adjacent to an activating group) is 7. The van der Waals surface area contributed by atoms with E-state index in [9.17, 15) is 53.1 Å². The average molecular weight is 1260 g/mol. The molecule has 1 heterocycles. The summed E-state index contributed by atoms with van der Waals surface area (Å²) < 4.78 is 5.57. The van der Waals surface area contributed by atoms with Crippen LogP contribution in [0.4, 0.5) is 0 Å². The molecule has 0 radical (unpaired) electrons. The van der Waals surface area contributed by atoms with Gasteiger partial charge in [0.15, 0.2) is 0 Å². The van der Waals surface area contributed by atoms with Crippen LogP contribution in [0, 0.1) is 35.5 Å². The van der Waals surface area contributed by atoms with Gasteiger partial charge >= 0.3 is 5.97 Å². The first-order valence-electron chi connectivity index (χ1n) is 31.5. The molecular formula is C64H113N11O14. The minimum absolute atomic E-state index is 0.0295. The molecule has 0 spiro atoms. The van der Waals surface area contributed by atoms with E-state index in [1.165, 1.54) is 104 Å². The summed E-state index contributed by atoms with van der Waals surface area (Å²) in [6.45, 7) is 29.4. The fraction of sp³-hybridized carbons (Fsp3) is 0.781. The number of hydrogen-bond donors (Lipinski definition) is 5. The lowest BCUT2D eigenvalue weighted by Crippen LogP contribution is -2.63. The van der Waals surface area contributed by atoms with Gasteiger partial charge in [-0.25, -0.2) is 0 Å². The number of esters is 1. The number of nitrogens with one attached hydrogen (secondary N) is 4. The second kappa shape index (κ2) is 35.7. The average Bonchev–Trinajstić information content (AvgIpc) is 1.00. The van der Waals surface area contributed by atoms with E-state index in [2.05, 4.69) is 21.3 Å². The third-order valence-corrected chi connectivity index (χ3v) is 16.5. The first-order valence-corrected chi connectivity index (χ1v) is 31.5. The monoisotopic (exact) mass is 1260 g/mol. The van der Waals surface area contributed by atoms with Gasteiger partial charge in [0.25, 0.3) is 0 Å². The maximum absolute atomic E-state index is 15.2. The normalized spacial score (nSPS) is 26.3. The Kier molecular flexibility index (Phi) is 32.2. The molecule has 12 atom stereocenters. The Morgan fingerprint density at radius 1 is 0.551 bits per heavy atom. The van der Waals surface area contributed by atoms with Gasteiger partial charge in [0.05, 0.1) is 12.6 Å². The molecule has 1 aliphatic heterocycles. The number of ether oxygens (including phenoxy) is 1. The van der Waals surface area contributed by atoms with Gasteiger partial charge in [-0.15, -0.1) is 0 Å². The van der Waals surface area contributed by atoms with Gasteiger partial charge in [-0.2, -0.15) is 0 Å². The summed E-state index contributed by atoms with van der Waals surface area (Å²) in [7, 11) is 9.64. The summed E-state index contributed by atoms with van der Waals surface area (Å²) in [6, 6.07) is -13.1. The van der Waals surface area contributed by atoms with Crippen molar-refractivity contribution in [3.05, 3.63) is 12.2 Å². The predicted octanol–water partition coefficient (Wildman–Crippen LogP) is 2.95. The minimum atomic E-state index is -1.65. The Bertz CT molecular complexity index is 2500. The fourth-order valence-corrected chi connectivity index (χ4v) is 11.1. The minimum Gasteiger partial charge on any atom is -0.460 e. The number of rotatable bonds is 16. The highest BCUT2D eigenvalue weighted by Gasteiger charge is 2.46. The predicted molar refractivity (Wildman–Crippen MR) is 339 cm³/mol. The van der Waals surface area contributed by atoms with E-state index in [-0.39, 0.29) is 56.3 Å². The van der Waals surface area contributed by atoms with Gasteiger partial charge in [-0.3, -0.25) is 57.5 Å². The van der Waals surface area contributed by atoms with Crippen LogP contribution in [0.25, 0.3) is 0 Å². The maximum Gasteiger partial charge on any atom is 0.303 e. The lowest BCUT2D eigenvalue weighted by atomic mass is 9.91. The summed E-state index contributed by atoms with van der Waals surface area (Å²) in [4.78, 5) is 182. The zero-order valence-electron chi connectivity index (χ0n) is 58.3. The summed E-state index contributed by atoms with van der Waals surface area (Å²) >= 11 is 0. The Hall–Kier alpha value is -6.66. The highest BCUT2D eigenvalue weighted by Crippen LogP contribution is 2.26. The number of allylic oxidation sites excluding steroid dienone is 2. The highest BCUT2D eigenvalue weighted by atomic mass is 16.6. The van der Waals surface area contributed by atoms with E-state index >= 15 is 9.59 Å². The van der Waals surface area contributed by atoms with Crippen LogP contribution in [0.5, 0.6) is 0 Å². The number of aliphatic hydroxyl groups is 1. The van der Waals surface area contributed by atoms with Crippen LogP contribution in [-0.4, -0.2) is 238 Å². The van der Waals surface area contributed by atoms with Crippen molar-refractivity contribution in [2.24, 2.45) is 35.5 Å². The zero-order chi connectivity index (χ0) is 69.2. The number of amides is 11. The van der Waals surface area contributed by atoms with Crippen molar-refractivity contribution in [3.8, 4) is 0 Å². The largest absolute Gasteiger partial charge is 0.460 e. The van der Waals surface area contributed by atoms with Crippen LogP contribution in [0.15, 0.2) is 12.2 Å². The smallest absolute Gasteiger partial charge is 0.303 e. The van der Waals surface area contributed by atoms with E-state index in [0.717, 1.165) is 14.7 Å². The molecule has 1 fully saturated rings. The third-order valence-electron chi connectivity index (χ3n) is 16.5. The van der Waals surface area contributed by atoms with Crippen molar-refractivity contribution in [1.29, 1.82) is 0 Å². The molecule has 0 aromatic heterocycles. The Morgan fingerprint density at radius 2 is 1.00 bits per heavy atom. The SMILES string of the molecule is C/C=C/C[C@@H](C)[C@@H](O)[C@H]1C(=O)N[C@@H](CC)C(=O)N(C)CC(=O)N(C)[C@@H](CC(C)(C)OC(C)=O)C(=O)N[C@@H](C(C)C)C(=O)N(C)[C@@H](CC(C)C)C(=O)N[C@@H](C)C(=O)N[C@H](C)C(=O)N(C)[C@@H](CC(C)C)C(=O)N(C)[C@@H](CC(C)C)C(=O)N(C)[C@@H](C(C)C)C(=O)N1C. The van der Waals surface area contributed by atoms with E-state index in [0.29, 0.717) is 0 Å². The van der Waals surface area contributed by atoms with Crippen LogP contribution in [0.2, 0.25) is 0 Å². The standard InChI is InChI=1S/C64H113N11O14/c1-26-28-29-40(13)53(78)52-57(82)67-44(27-2)59(84)69(19)34-49(77)70(20)48(33-64(17,18)89-43(16)76)56(81)68-50(38(9)10)62(87)71(21)45(30-35(3)4)55(80)65-41(14)54(79)66-42(15)58(83)72(22)46(31-36(5)6)60(85)73(23)47(32-37(7)8)61(86)74(24)51(39(11)12)63(88)75(52)25/h26,28,35-42,44-48,50-53,78H,27,29-34H2,1-25H3,(H,65,80)(H,66,79)(H,67,82)(H,68,81)/b28-26+/t40-,41+,42-,44+,45+,46+,47+,48+,50+,51+,52+,53-/m1/s1. The molecule has 1 rings (SSSR count). The molecule has 508 valence electrons. The van der Waals surface area contributed by atoms with Crippen molar-refractivity contribution in [3.63, 3.8) is 0 Å². The Balaban J connectivity index is 4.41. The molecule has 0 saturated carbocycles. The van der Waals surface area contributed by atoms with Crippen molar-refractivity contribution in [1.82, 2.24) is 55.6 Å². The molecule has 0 bridgehead atoms. The van der Waals surface area contributed by atoms with Crippen molar-refractivity contribution in [2.75, 3.05) is 55.9 Å². The first kappa shape index (κ1) is 80.4. The van der Waals surface area contributed by atoms with Crippen LogP contribution < -0.4 is 21.3 Å². The second-order valence-electron chi connectivity index (χ2n) is 27.0. The molecular weight excluding hydrogens is 1150 g/mol. The number of nitrogens with zero attached hydrogens (tertiary/aromatic N) is 7. The molecule has 11 amide bonds. The van der Waals surface area contributed by atoms with Gasteiger partial charge in [0.2, 0.25) is 65.0 Å². The molecule has 89 heavy (non-hydrogen) atoms. The molecule has 25 heteroatoms. The van der Waals surface area contributed by atoms with Crippen LogP contribution in [0.3, 0.4) is 0 Å². The Morgan fingerprint density at radius 3 is 1.46 bits per heavy atom. The van der Waals surface area contributed by atoms with E-state index < -0.39 is 167 Å². The van der Waals surface area contributed by atoms with Gasteiger partial charge in [-0.1, -0.05) is 95.2 Å². The molecule has 0 unspecified atom stereocenters. The lowest BCUT2D eigenvalue weighted by Gasteiger charge is -2.41. The third kappa shape index (κ3) is 23.0. The number of aliphatic hydroxyl groups excluding tert-OH is 1. The first-order chi connectivity index (χ1) is 40.9. The van der Waals surface area contributed by atoms with Crippen molar-refractivity contribution in [2.45, 2.75) is 235 Å². The van der Waals surface area contributed by atoms with Gasteiger partial charge in [0.1, 0.15) is 66.0 Å². The van der Waals surface area contributed by atoms with E-state index in [1.807, 2.05) is 41.5 Å². The summed E-state index contributed by atoms with van der Waals surface area (Å²) in [5.41, 5.74) is -1.38. The summed E-state index contributed by atoms with van der Waals surface area (Å²) in [5, 5.41) is 23.0. The molecule has 5 N–H and O–H groups in total. The highest BCUT2D eigenvalue weighted by molar-refractivity contribution is 5.99. The maximum atomic E-state index is 15.2. The van der Waals surface area contributed by atoms with Crippen LogP contribution in [-0.2, 0) is 62.3 Å².